The lowest BCUT2D eigenvalue weighted by Crippen LogP contribution is -2.25. The van der Waals surface area contributed by atoms with E-state index >= 15 is 0 Å². The molecule has 17 heavy (non-hydrogen) atoms. The fourth-order valence-corrected chi connectivity index (χ4v) is 2.47. The Morgan fingerprint density at radius 2 is 2.29 bits per heavy atom. The van der Waals surface area contributed by atoms with E-state index in [1.54, 1.807) is 6.92 Å². The second kappa shape index (κ2) is 4.46. The average Bonchev–Trinajstić information content (AvgIpc) is 2.65. The summed E-state index contributed by atoms with van der Waals surface area (Å²) in [5.74, 6) is -0.606. The molecule has 0 aromatic carbocycles. The van der Waals surface area contributed by atoms with Crippen molar-refractivity contribution in [3.63, 3.8) is 0 Å². The molecular formula is C10H10ClN3O2S. The van der Waals surface area contributed by atoms with Gasteiger partial charge in [-0.3, -0.25) is 14.0 Å². The maximum Gasteiger partial charge on any atom is 0.282 e. The third kappa shape index (κ3) is 2.05. The van der Waals surface area contributed by atoms with E-state index in [0.29, 0.717) is 10.7 Å². The van der Waals surface area contributed by atoms with Gasteiger partial charge < -0.3 is 5.32 Å². The van der Waals surface area contributed by atoms with Gasteiger partial charge in [0.1, 0.15) is 11.6 Å². The molecule has 0 unspecified atom stereocenters. The Balaban J connectivity index is 2.66. The molecule has 0 aliphatic carbocycles. The van der Waals surface area contributed by atoms with E-state index in [4.69, 9.17) is 11.6 Å². The normalized spacial score (nSPS) is 10.8. The standard InChI is InChI=1S/C10H10ClN3O2S/c1-5-4-17-10-12-6(2)8(9(16)14(5)10)13-7(15)3-11/h4H,3H2,1-2H3,(H,13,15). The van der Waals surface area contributed by atoms with Crippen LogP contribution >= 0.6 is 22.9 Å². The molecule has 0 aliphatic heterocycles. The molecule has 2 aromatic rings. The predicted molar refractivity (Wildman–Crippen MR) is 68.2 cm³/mol. The van der Waals surface area contributed by atoms with Gasteiger partial charge >= 0.3 is 0 Å². The van der Waals surface area contributed by atoms with Gasteiger partial charge in [0.15, 0.2) is 4.96 Å². The highest BCUT2D eigenvalue weighted by atomic mass is 35.5. The van der Waals surface area contributed by atoms with E-state index < -0.39 is 5.91 Å². The number of alkyl halides is 1. The third-order valence-corrected chi connectivity index (χ3v) is 3.49. The monoisotopic (exact) mass is 271 g/mol. The number of nitrogens with one attached hydrogen (secondary N) is 1. The van der Waals surface area contributed by atoms with Crippen molar-refractivity contribution in [1.29, 1.82) is 0 Å². The summed E-state index contributed by atoms with van der Waals surface area (Å²) in [6.45, 7) is 3.50. The van der Waals surface area contributed by atoms with Gasteiger partial charge in [-0.1, -0.05) is 0 Å². The van der Waals surface area contributed by atoms with Crippen LogP contribution in [0.4, 0.5) is 5.69 Å². The van der Waals surface area contributed by atoms with Crippen LogP contribution in [0, 0.1) is 13.8 Å². The smallest absolute Gasteiger partial charge is 0.282 e. The zero-order valence-corrected chi connectivity index (χ0v) is 10.9. The van der Waals surface area contributed by atoms with Crippen LogP contribution in [0.3, 0.4) is 0 Å². The molecular weight excluding hydrogens is 262 g/mol. The number of aromatic nitrogens is 2. The number of carbonyl (C=O) groups is 1. The topological polar surface area (TPSA) is 63.5 Å². The number of hydrogen-bond acceptors (Lipinski definition) is 4. The SMILES string of the molecule is Cc1nc2scc(C)n2c(=O)c1NC(=O)CCl. The highest BCUT2D eigenvalue weighted by Gasteiger charge is 2.14. The predicted octanol–water partition coefficient (Wildman–Crippen LogP) is 1.55. The van der Waals surface area contributed by atoms with E-state index in [1.165, 1.54) is 15.7 Å². The minimum atomic E-state index is -0.415. The lowest BCUT2D eigenvalue weighted by molar-refractivity contribution is -0.113. The van der Waals surface area contributed by atoms with Crippen molar-refractivity contribution in [2.75, 3.05) is 11.2 Å². The van der Waals surface area contributed by atoms with Crippen LogP contribution in [0.25, 0.3) is 4.96 Å². The quantitative estimate of drug-likeness (QED) is 0.843. The Hall–Kier alpha value is -1.40. The summed E-state index contributed by atoms with van der Waals surface area (Å²) in [5.41, 5.74) is 1.21. The molecule has 0 atom stereocenters. The molecule has 1 amide bonds. The molecule has 0 spiro atoms. The molecule has 0 saturated heterocycles. The Bertz CT molecular complexity index is 647. The maximum atomic E-state index is 12.2. The Morgan fingerprint density at radius 3 is 2.94 bits per heavy atom. The van der Waals surface area contributed by atoms with E-state index in [1.807, 2.05) is 12.3 Å². The molecule has 2 heterocycles. The number of aryl methyl sites for hydroxylation is 2. The summed E-state index contributed by atoms with van der Waals surface area (Å²) in [5, 5.41) is 4.32. The minimum Gasteiger partial charge on any atom is -0.319 e. The fraction of sp³-hybridized carbons (Fsp3) is 0.300. The van der Waals surface area contributed by atoms with Crippen LogP contribution in [0.5, 0.6) is 0 Å². The first-order valence-electron chi connectivity index (χ1n) is 4.88. The maximum absolute atomic E-state index is 12.2. The number of amides is 1. The number of nitrogens with zero attached hydrogens (tertiary/aromatic N) is 2. The molecule has 0 radical (unpaired) electrons. The van der Waals surface area contributed by atoms with Crippen LogP contribution in [0.2, 0.25) is 0 Å². The van der Waals surface area contributed by atoms with E-state index in [2.05, 4.69) is 10.3 Å². The second-order valence-corrected chi connectivity index (χ2v) is 4.66. The molecule has 2 rings (SSSR count). The van der Waals surface area contributed by atoms with E-state index in [9.17, 15) is 9.59 Å². The first-order valence-corrected chi connectivity index (χ1v) is 6.29. The molecule has 0 fully saturated rings. The third-order valence-electron chi connectivity index (χ3n) is 2.31. The summed E-state index contributed by atoms with van der Waals surface area (Å²) in [4.78, 5) is 28.3. The summed E-state index contributed by atoms with van der Waals surface area (Å²) < 4.78 is 1.47. The van der Waals surface area contributed by atoms with Gasteiger partial charge in [-0.05, 0) is 13.8 Å². The number of fused-ring (bicyclic) bond motifs is 1. The van der Waals surface area contributed by atoms with Crippen molar-refractivity contribution in [3.05, 3.63) is 27.1 Å². The highest BCUT2D eigenvalue weighted by molar-refractivity contribution is 7.15. The van der Waals surface area contributed by atoms with Crippen LogP contribution < -0.4 is 10.9 Å². The number of anilines is 1. The molecule has 2 aromatic heterocycles. The average molecular weight is 272 g/mol. The van der Waals surface area contributed by atoms with Crippen molar-refractivity contribution < 1.29 is 4.79 Å². The molecule has 7 heteroatoms. The zero-order valence-electron chi connectivity index (χ0n) is 9.28. The molecule has 90 valence electrons. The largest absolute Gasteiger partial charge is 0.319 e. The van der Waals surface area contributed by atoms with E-state index in [0.717, 1.165) is 5.69 Å². The summed E-state index contributed by atoms with van der Waals surface area (Å²) in [6, 6.07) is 0. The van der Waals surface area contributed by atoms with Gasteiger partial charge in [0, 0.05) is 11.1 Å². The molecule has 0 aliphatic rings. The van der Waals surface area contributed by atoms with Crippen LogP contribution in [0.1, 0.15) is 11.4 Å². The lowest BCUT2D eigenvalue weighted by Gasteiger charge is -2.06. The molecule has 1 N–H and O–H groups in total. The summed E-state index contributed by atoms with van der Waals surface area (Å²) in [6.07, 6.45) is 0. The van der Waals surface area contributed by atoms with Crippen molar-refractivity contribution in [1.82, 2.24) is 9.38 Å². The van der Waals surface area contributed by atoms with Gasteiger partial charge in [-0.25, -0.2) is 4.98 Å². The van der Waals surface area contributed by atoms with Crippen molar-refractivity contribution in [2.45, 2.75) is 13.8 Å². The van der Waals surface area contributed by atoms with Gasteiger partial charge in [-0.15, -0.1) is 22.9 Å². The molecule has 0 bridgehead atoms. The van der Waals surface area contributed by atoms with Gasteiger partial charge in [0.2, 0.25) is 5.91 Å². The highest BCUT2D eigenvalue weighted by Crippen LogP contribution is 2.15. The summed E-state index contributed by atoms with van der Waals surface area (Å²) >= 11 is 6.78. The molecule has 5 nitrogen and oxygen atoms in total. The minimum absolute atomic E-state index is 0.189. The zero-order chi connectivity index (χ0) is 12.6. The second-order valence-electron chi connectivity index (χ2n) is 3.55. The number of carbonyl (C=O) groups excluding carboxylic acids is 1. The van der Waals surface area contributed by atoms with Crippen LogP contribution in [-0.2, 0) is 4.79 Å². The lowest BCUT2D eigenvalue weighted by atomic mass is 10.3. The van der Waals surface area contributed by atoms with Crippen LogP contribution in [0.15, 0.2) is 10.2 Å². The Kier molecular flexibility index (Phi) is 3.17. The first kappa shape index (κ1) is 12.1. The number of thiazole rings is 1. The fourth-order valence-electron chi connectivity index (χ4n) is 1.50. The van der Waals surface area contributed by atoms with Crippen LogP contribution in [-0.4, -0.2) is 21.2 Å². The van der Waals surface area contributed by atoms with Crippen molar-refractivity contribution in [3.8, 4) is 0 Å². The van der Waals surface area contributed by atoms with Crippen molar-refractivity contribution >= 4 is 39.5 Å². The first-order chi connectivity index (χ1) is 8.04. The van der Waals surface area contributed by atoms with Gasteiger partial charge in [-0.2, -0.15) is 0 Å². The number of rotatable bonds is 2. The van der Waals surface area contributed by atoms with Gasteiger partial charge in [0.25, 0.3) is 5.56 Å². The molecule has 0 saturated carbocycles. The van der Waals surface area contributed by atoms with Crippen molar-refractivity contribution in [2.24, 2.45) is 0 Å². The Labute approximate surface area is 106 Å². The number of halogens is 1. The number of hydrogen-bond donors (Lipinski definition) is 1. The summed E-state index contributed by atoms with van der Waals surface area (Å²) in [7, 11) is 0. The van der Waals surface area contributed by atoms with E-state index in [-0.39, 0.29) is 17.1 Å². The van der Waals surface area contributed by atoms with Gasteiger partial charge in [0.05, 0.1) is 5.69 Å². The Morgan fingerprint density at radius 1 is 1.59 bits per heavy atom.